The molecular formula is C33H49N7O7. The number of nitrogens with zero attached hydrogens (tertiary/aromatic N) is 1. The summed E-state index contributed by atoms with van der Waals surface area (Å²) in [7, 11) is 0. The van der Waals surface area contributed by atoms with Crippen molar-refractivity contribution in [3.05, 3.63) is 35.9 Å². The van der Waals surface area contributed by atoms with Crippen molar-refractivity contribution < 1.29 is 33.9 Å². The normalized spacial score (nSPS) is 32.1. The fourth-order valence-electron chi connectivity index (χ4n) is 6.64. The topological polar surface area (TPSA) is 212 Å². The number of fused-ring (bicyclic) bond motifs is 2. The van der Waals surface area contributed by atoms with Crippen LogP contribution in [-0.2, 0) is 35.2 Å². The van der Waals surface area contributed by atoms with Crippen LogP contribution >= 0.6 is 0 Å². The molecule has 3 aliphatic rings. The standard InChI is InChI=1S/C33H49N7O7/c1-17(2)13-24-30(44)39-27(19(4)41)32(46)38-25(14-20-9-6-5-7-10-20)33(47)40-16-21(34)15-26(40)31(45)35-18(3)28(42)36-23-12-8-11-22(23)29(43)37-24/h5-7,9-10,17-19,21-27,41H,8,11-16,34H2,1-4H3,(H,35,45)(H,36,42)(H,37,43)(H,38,46)(H,39,44)/t18-,19+,21+,22+,23+,24-,25-,26?,27-/m0/s1. The Hall–Kier alpha value is -4.04. The summed E-state index contributed by atoms with van der Waals surface area (Å²) in [6, 6.07) is 2.28. The maximum absolute atomic E-state index is 14.1. The molecule has 4 rings (SSSR count). The fraction of sp³-hybridized carbons (Fsp3) is 0.636. The van der Waals surface area contributed by atoms with Gasteiger partial charge in [0.05, 0.1) is 12.0 Å². The molecule has 1 aliphatic carbocycles. The second kappa shape index (κ2) is 15.7. The zero-order valence-electron chi connectivity index (χ0n) is 27.5. The molecule has 0 spiro atoms. The number of aliphatic hydroxyl groups is 1. The maximum Gasteiger partial charge on any atom is 0.246 e. The number of amides is 6. The van der Waals surface area contributed by atoms with E-state index in [1.54, 1.807) is 24.3 Å². The first kappa shape index (κ1) is 35.8. The molecule has 1 saturated carbocycles. The van der Waals surface area contributed by atoms with Crippen LogP contribution in [0.2, 0.25) is 0 Å². The van der Waals surface area contributed by atoms with E-state index in [0.29, 0.717) is 19.3 Å². The lowest BCUT2D eigenvalue weighted by Crippen LogP contribution is -2.61. The molecule has 2 saturated heterocycles. The second-order valence-corrected chi connectivity index (χ2v) is 13.6. The summed E-state index contributed by atoms with van der Waals surface area (Å²) >= 11 is 0. The molecule has 9 atom stereocenters. The van der Waals surface area contributed by atoms with Crippen LogP contribution in [0.4, 0.5) is 0 Å². The highest BCUT2D eigenvalue weighted by Gasteiger charge is 2.43. The predicted molar refractivity (Wildman–Crippen MR) is 172 cm³/mol. The van der Waals surface area contributed by atoms with Crippen molar-refractivity contribution in [3.63, 3.8) is 0 Å². The van der Waals surface area contributed by atoms with Gasteiger partial charge >= 0.3 is 0 Å². The van der Waals surface area contributed by atoms with Crippen molar-refractivity contribution in [1.82, 2.24) is 31.5 Å². The quantitative estimate of drug-likeness (QED) is 0.205. The van der Waals surface area contributed by atoms with Crippen LogP contribution in [0.25, 0.3) is 0 Å². The highest BCUT2D eigenvalue weighted by molar-refractivity contribution is 5.97. The minimum absolute atomic E-state index is 0.0114. The molecular weight excluding hydrogens is 606 g/mol. The van der Waals surface area contributed by atoms with Gasteiger partial charge in [0.2, 0.25) is 35.4 Å². The van der Waals surface area contributed by atoms with Gasteiger partial charge in [-0.1, -0.05) is 50.6 Å². The summed E-state index contributed by atoms with van der Waals surface area (Å²) in [4.78, 5) is 83.0. The number of hydrogen-bond acceptors (Lipinski definition) is 8. The zero-order chi connectivity index (χ0) is 34.4. The lowest BCUT2D eigenvalue weighted by Gasteiger charge is -2.31. The molecule has 2 aliphatic heterocycles. The number of rotatable bonds is 5. The number of carbonyl (C=O) groups excluding carboxylic acids is 6. The molecule has 8 N–H and O–H groups in total. The minimum atomic E-state index is -1.46. The van der Waals surface area contributed by atoms with Gasteiger partial charge < -0.3 is 42.3 Å². The second-order valence-electron chi connectivity index (χ2n) is 13.6. The van der Waals surface area contributed by atoms with Gasteiger partial charge in [0, 0.05) is 25.0 Å². The first-order valence-electron chi connectivity index (χ1n) is 16.5. The molecule has 3 fully saturated rings. The van der Waals surface area contributed by atoms with Crippen LogP contribution in [0, 0.1) is 11.8 Å². The lowest BCUT2D eigenvalue weighted by atomic mass is 9.98. The number of benzene rings is 1. The van der Waals surface area contributed by atoms with E-state index in [4.69, 9.17) is 5.73 Å². The average molecular weight is 656 g/mol. The SMILES string of the molecule is CC(C)C[C@@H]1NC(=O)[C@@H]2CCC[C@H]2NC(=O)[C@H](C)NC(=O)C2C[C@@H](N)CN2C(=O)[C@H](Cc2ccccc2)NC(=O)[C@H]([C@@H](C)O)NC1=O. The molecule has 0 aromatic heterocycles. The molecule has 0 bridgehead atoms. The van der Waals surface area contributed by atoms with Crippen molar-refractivity contribution >= 4 is 35.4 Å². The van der Waals surface area contributed by atoms with E-state index in [0.717, 1.165) is 5.56 Å². The van der Waals surface area contributed by atoms with Crippen LogP contribution in [0.3, 0.4) is 0 Å². The Morgan fingerprint density at radius 3 is 2.17 bits per heavy atom. The highest BCUT2D eigenvalue weighted by Crippen LogP contribution is 2.27. The van der Waals surface area contributed by atoms with Gasteiger partial charge in [0.1, 0.15) is 30.2 Å². The van der Waals surface area contributed by atoms with Crippen LogP contribution in [0.5, 0.6) is 0 Å². The van der Waals surface area contributed by atoms with E-state index < -0.39 is 89.8 Å². The summed E-state index contributed by atoms with van der Waals surface area (Å²) in [5.41, 5.74) is 6.95. The Morgan fingerprint density at radius 1 is 0.830 bits per heavy atom. The van der Waals surface area contributed by atoms with Crippen LogP contribution in [0.15, 0.2) is 30.3 Å². The van der Waals surface area contributed by atoms with Crippen LogP contribution in [0.1, 0.15) is 65.4 Å². The Morgan fingerprint density at radius 2 is 1.51 bits per heavy atom. The van der Waals surface area contributed by atoms with Crippen molar-refractivity contribution in [2.75, 3.05) is 6.54 Å². The Balaban J connectivity index is 1.71. The first-order valence-corrected chi connectivity index (χ1v) is 16.5. The third kappa shape index (κ3) is 9.07. The summed E-state index contributed by atoms with van der Waals surface area (Å²) in [6.45, 7) is 6.69. The molecule has 47 heavy (non-hydrogen) atoms. The molecule has 2 heterocycles. The maximum atomic E-state index is 14.1. The Kier molecular flexibility index (Phi) is 12.0. The molecule has 1 unspecified atom stereocenters. The van der Waals surface area contributed by atoms with Crippen molar-refractivity contribution in [2.24, 2.45) is 17.6 Å². The number of aliphatic hydroxyl groups excluding tert-OH is 1. The van der Waals surface area contributed by atoms with Crippen LogP contribution in [-0.4, -0.2) is 100 Å². The predicted octanol–water partition coefficient (Wildman–Crippen LogP) is -1.16. The zero-order valence-corrected chi connectivity index (χ0v) is 27.5. The largest absolute Gasteiger partial charge is 0.391 e. The Labute approximate surface area is 275 Å². The third-order valence-electron chi connectivity index (χ3n) is 9.15. The molecule has 1 aromatic carbocycles. The lowest BCUT2D eigenvalue weighted by molar-refractivity contribution is -0.143. The highest BCUT2D eigenvalue weighted by atomic mass is 16.3. The van der Waals surface area contributed by atoms with Gasteiger partial charge in [-0.2, -0.15) is 0 Å². The first-order chi connectivity index (χ1) is 22.2. The number of nitrogens with two attached hydrogens (primary N) is 1. The van der Waals surface area contributed by atoms with Gasteiger partial charge in [-0.15, -0.1) is 0 Å². The monoisotopic (exact) mass is 655 g/mol. The van der Waals surface area contributed by atoms with Crippen LogP contribution < -0.4 is 32.3 Å². The van der Waals surface area contributed by atoms with Gasteiger partial charge in [-0.25, -0.2) is 0 Å². The van der Waals surface area contributed by atoms with Crippen molar-refractivity contribution in [1.29, 1.82) is 0 Å². The Bertz CT molecular complexity index is 1320. The van der Waals surface area contributed by atoms with Gasteiger partial charge in [-0.05, 0) is 51.0 Å². The van der Waals surface area contributed by atoms with E-state index >= 15 is 0 Å². The summed E-state index contributed by atoms with van der Waals surface area (Å²) in [5, 5.41) is 24.3. The summed E-state index contributed by atoms with van der Waals surface area (Å²) in [6.07, 6.45) is 0.808. The van der Waals surface area contributed by atoms with Crippen molar-refractivity contribution in [2.45, 2.75) is 115 Å². The van der Waals surface area contributed by atoms with Gasteiger partial charge in [0.15, 0.2) is 0 Å². The molecule has 0 radical (unpaired) electrons. The summed E-state index contributed by atoms with van der Waals surface area (Å²) < 4.78 is 0. The molecule has 14 nitrogen and oxygen atoms in total. The van der Waals surface area contributed by atoms with Crippen molar-refractivity contribution in [3.8, 4) is 0 Å². The van der Waals surface area contributed by atoms with E-state index in [9.17, 15) is 33.9 Å². The molecule has 1 aromatic rings. The van der Waals surface area contributed by atoms with Gasteiger partial charge in [0.25, 0.3) is 0 Å². The number of carbonyl (C=O) groups is 6. The minimum Gasteiger partial charge on any atom is -0.391 e. The molecule has 258 valence electrons. The van der Waals surface area contributed by atoms with Gasteiger partial charge in [-0.3, -0.25) is 28.8 Å². The third-order valence-corrected chi connectivity index (χ3v) is 9.15. The molecule has 6 amide bonds. The number of nitrogens with one attached hydrogen (secondary N) is 5. The molecule has 14 heteroatoms. The van der Waals surface area contributed by atoms with E-state index in [2.05, 4.69) is 26.6 Å². The van der Waals surface area contributed by atoms with E-state index in [-0.39, 0.29) is 31.7 Å². The fourth-order valence-corrected chi connectivity index (χ4v) is 6.64. The number of hydrogen-bond donors (Lipinski definition) is 7. The smallest absolute Gasteiger partial charge is 0.246 e. The van der Waals surface area contributed by atoms with E-state index in [1.807, 2.05) is 19.9 Å². The average Bonchev–Trinajstić information content (AvgIpc) is 3.64. The van der Waals surface area contributed by atoms with E-state index in [1.165, 1.54) is 18.7 Å². The summed E-state index contributed by atoms with van der Waals surface area (Å²) in [5.74, 6) is -4.12.